The van der Waals surface area contributed by atoms with Crippen molar-refractivity contribution >= 4 is 17.9 Å². The van der Waals surface area contributed by atoms with E-state index >= 15 is 0 Å². The first-order valence-corrected chi connectivity index (χ1v) is 8.45. The lowest BCUT2D eigenvalue weighted by Gasteiger charge is -2.26. The Morgan fingerprint density at radius 3 is 1.68 bits per heavy atom. The number of allylic oxidation sites excluding steroid dienone is 2. The number of hydrogen-bond donors (Lipinski definition) is 0. The van der Waals surface area contributed by atoms with Crippen molar-refractivity contribution in [3.63, 3.8) is 0 Å². The average molecular weight is 267 g/mol. The second-order valence-electron chi connectivity index (χ2n) is 4.69. The van der Waals surface area contributed by atoms with Gasteiger partial charge in [-0.05, 0) is 31.2 Å². The largest absolute Gasteiger partial charge is 0.110 e. The summed E-state index contributed by atoms with van der Waals surface area (Å²) in [6.07, 6.45) is 3.00. The molecule has 0 amide bonds. The summed E-state index contributed by atoms with van der Waals surface area (Å²) in [5.41, 5.74) is 0. The molecule has 2 rings (SSSR count). The maximum Gasteiger partial charge on any atom is 0.110 e. The van der Waals surface area contributed by atoms with Crippen LogP contribution in [0.25, 0.3) is 0 Å². The van der Waals surface area contributed by atoms with E-state index in [4.69, 9.17) is 0 Å². The molecular weight excluding hydrogens is 247 g/mol. The van der Waals surface area contributed by atoms with Crippen LogP contribution < -0.4 is 10.6 Å². The third-order valence-electron chi connectivity index (χ3n) is 3.45. The zero-order chi connectivity index (χ0) is 13.7. The van der Waals surface area contributed by atoms with Crippen LogP contribution in [0.5, 0.6) is 0 Å². The minimum Gasteiger partial charge on any atom is -0.0995 e. The first-order valence-electron chi connectivity index (χ1n) is 6.48. The maximum atomic E-state index is 4.30. The number of hydrogen-bond acceptors (Lipinski definition) is 0. The zero-order valence-corrected chi connectivity index (χ0v) is 12.3. The molecule has 0 N–H and O–H groups in total. The maximum absolute atomic E-state index is 4.30. The molecule has 0 unspecified atom stereocenters. The van der Waals surface area contributed by atoms with Crippen LogP contribution in [0.4, 0.5) is 0 Å². The van der Waals surface area contributed by atoms with Crippen LogP contribution in [-0.4, -0.2) is 6.16 Å². The van der Waals surface area contributed by atoms with Crippen LogP contribution in [-0.2, 0) is 0 Å². The molecular formula is C18H20P+. The van der Waals surface area contributed by atoms with Gasteiger partial charge in [-0.3, -0.25) is 0 Å². The lowest BCUT2D eigenvalue weighted by molar-refractivity contribution is 1.60. The van der Waals surface area contributed by atoms with Gasteiger partial charge in [0.25, 0.3) is 0 Å². The summed E-state index contributed by atoms with van der Waals surface area (Å²) < 4.78 is 0. The standard InChI is InChI=1S/C18H20P/c1-4-15-19(16(2)3,17-11-7-5-8-12-17)18-13-9-6-10-14-18/h4-14H,1-2,15H2,3H3/q+1. The van der Waals surface area contributed by atoms with Gasteiger partial charge in [0.05, 0.1) is 11.5 Å². The predicted molar refractivity (Wildman–Crippen MR) is 89.0 cm³/mol. The van der Waals surface area contributed by atoms with E-state index in [0.29, 0.717) is 0 Å². The molecule has 2 aromatic carbocycles. The van der Waals surface area contributed by atoms with Crippen molar-refractivity contribution in [1.29, 1.82) is 0 Å². The van der Waals surface area contributed by atoms with Crippen molar-refractivity contribution < 1.29 is 0 Å². The Morgan fingerprint density at radius 2 is 1.37 bits per heavy atom. The molecule has 0 saturated heterocycles. The van der Waals surface area contributed by atoms with Crippen molar-refractivity contribution in [2.75, 3.05) is 6.16 Å². The van der Waals surface area contributed by atoms with E-state index in [1.807, 2.05) is 6.08 Å². The molecule has 2 aromatic rings. The van der Waals surface area contributed by atoms with Crippen LogP contribution in [0.2, 0.25) is 0 Å². The van der Waals surface area contributed by atoms with Crippen molar-refractivity contribution in [3.8, 4) is 0 Å². The summed E-state index contributed by atoms with van der Waals surface area (Å²) in [4.78, 5) is 0. The lowest BCUT2D eigenvalue weighted by Crippen LogP contribution is -2.24. The van der Waals surface area contributed by atoms with Gasteiger partial charge in [0, 0.05) is 0 Å². The van der Waals surface area contributed by atoms with E-state index in [9.17, 15) is 0 Å². The zero-order valence-electron chi connectivity index (χ0n) is 11.4. The van der Waals surface area contributed by atoms with Gasteiger partial charge in [0.1, 0.15) is 17.9 Å². The normalized spacial score (nSPS) is 11.0. The molecule has 19 heavy (non-hydrogen) atoms. The van der Waals surface area contributed by atoms with Gasteiger partial charge in [0.2, 0.25) is 0 Å². The quantitative estimate of drug-likeness (QED) is 0.557. The van der Waals surface area contributed by atoms with Crippen molar-refractivity contribution in [1.82, 2.24) is 0 Å². The predicted octanol–water partition coefficient (Wildman–Crippen LogP) is 4.37. The molecule has 0 radical (unpaired) electrons. The highest BCUT2D eigenvalue weighted by atomic mass is 31.2. The first kappa shape index (κ1) is 13.8. The van der Waals surface area contributed by atoms with Crippen molar-refractivity contribution in [3.05, 3.63) is 85.2 Å². The van der Waals surface area contributed by atoms with Crippen molar-refractivity contribution in [2.24, 2.45) is 0 Å². The van der Waals surface area contributed by atoms with Gasteiger partial charge in [-0.15, -0.1) is 0 Å². The number of benzene rings is 2. The van der Waals surface area contributed by atoms with Gasteiger partial charge < -0.3 is 0 Å². The fourth-order valence-corrected chi connectivity index (χ4v) is 6.18. The Morgan fingerprint density at radius 1 is 0.947 bits per heavy atom. The Kier molecular flexibility index (Phi) is 4.35. The molecule has 0 fully saturated rings. The molecule has 0 heterocycles. The SMILES string of the molecule is C=CC[P+](C(=C)C)(c1ccccc1)c1ccccc1. The van der Waals surface area contributed by atoms with E-state index in [0.717, 1.165) is 6.16 Å². The topological polar surface area (TPSA) is 0 Å². The second kappa shape index (κ2) is 5.99. The van der Waals surface area contributed by atoms with Crippen LogP contribution in [0.15, 0.2) is 85.2 Å². The highest BCUT2D eigenvalue weighted by Gasteiger charge is 2.42. The van der Waals surface area contributed by atoms with E-state index in [-0.39, 0.29) is 0 Å². The molecule has 0 aliphatic heterocycles. The van der Waals surface area contributed by atoms with Crippen LogP contribution >= 0.6 is 7.26 Å². The Hall–Kier alpha value is -1.65. The fourth-order valence-electron chi connectivity index (χ4n) is 2.52. The summed E-state index contributed by atoms with van der Waals surface area (Å²) in [5.74, 6) is 0. The average Bonchev–Trinajstić information content (AvgIpc) is 2.46. The minimum atomic E-state index is -1.59. The fraction of sp³-hybridized carbons (Fsp3) is 0.111. The number of rotatable bonds is 5. The van der Waals surface area contributed by atoms with E-state index in [1.165, 1.54) is 15.9 Å². The summed E-state index contributed by atoms with van der Waals surface area (Å²) in [6.45, 7) is 10.4. The minimum absolute atomic E-state index is 0.969. The lowest BCUT2D eigenvalue weighted by atomic mass is 10.4. The van der Waals surface area contributed by atoms with Crippen LogP contribution in [0, 0.1) is 0 Å². The van der Waals surface area contributed by atoms with Gasteiger partial charge in [-0.2, -0.15) is 0 Å². The van der Waals surface area contributed by atoms with Crippen LogP contribution in [0.1, 0.15) is 6.92 Å². The van der Waals surface area contributed by atoms with Gasteiger partial charge in [0.15, 0.2) is 0 Å². The molecule has 96 valence electrons. The summed E-state index contributed by atoms with van der Waals surface area (Å²) >= 11 is 0. The monoisotopic (exact) mass is 267 g/mol. The molecule has 0 nitrogen and oxygen atoms in total. The summed E-state index contributed by atoms with van der Waals surface area (Å²) in [6, 6.07) is 21.5. The highest BCUT2D eigenvalue weighted by Crippen LogP contribution is 2.62. The highest BCUT2D eigenvalue weighted by molar-refractivity contribution is 7.93. The molecule has 0 aliphatic carbocycles. The Balaban J connectivity index is 2.68. The summed E-state index contributed by atoms with van der Waals surface area (Å²) in [5, 5.41) is 4.02. The van der Waals surface area contributed by atoms with Crippen molar-refractivity contribution in [2.45, 2.75) is 6.92 Å². The first-order chi connectivity index (χ1) is 9.21. The molecule has 0 aliphatic rings. The third-order valence-corrected chi connectivity index (χ3v) is 7.92. The smallest absolute Gasteiger partial charge is 0.0995 e. The third kappa shape index (κ3) is 2.55. The van der Waals surface area contributed by atoms with E-state index in [2.05, 4.69) is 80.7 Å². The molecule has 0 spiro atoms. The van der Waals surface area contributed by atoms with Gasteiger partial charge in [-0.25, -0.2) is 0 Å². The molecule has 0 atom stereocenters. The van der Waals surface area contributed by atoms with Crippen LogP contribution in [0.3, 0.4) is 0 Å². The van der Waals surface area contributed by atoms with E-state index < -0.39 is 7.26 Å². The Labute approximate surface area is 116 Å². The van der Waals surface area contributed by atoms with E-state index in [1.54, 1.807) is 0 Å². The second-order valence-corrected chi connectivity index (χ2v) is 8.47. The molecule has 0 bridgehead atoms. The molecule has 0 saturated carbocycles. The molecule has 1 heteroatoms. The van der Waals surface area contributed by atoms with Gasteiger partial charge >= 0.3 is 0 Å². The molecule has 0 aromatic heterocycles. The Bertz CT molecular complexity index is 515. The summed E-state index contributed by atoms with van der Waals surface area (Å²) in [7, 11) is -1.59. The van der Waals surface area contributed by atoms with Gasteiger partial charge in [-0.1, -0.05) is 55.6 Å².